The zero-order chi connectivity index (χ0) is 24.5. The number of hydrogen-bond donors (Lipinski definition) is 0. The van der Waals surface area contributed by atoms with Gasteiger partial charge in [-0.05, 0) is 111 Å². The summed E-state index contributed by atoms with van der Waals surface area (Å²) in [5, 5.41) is 0. The summed E-state index contributed by atoms with van der Waals surface area (Å²) in [5.74, 6) is 0. The molecule has 4 rings (SSSR count). The number of pyridine rings is 2. The van der Waals surface area contributed by atoms with Crippen molar-refractivity contribution in [2.75, 3.05) is 0 Å². The molecule has 34 heavy (non-hydrogen) atoms. The van der Waals surface area contributed by atoms with Crippen LogP contribution in [0.2, 0.25) is 0 Å². The average Bonchev–Trinajstić information content (AvgIpc) is 2.82. The van der Waals surface area contributed by atoms with Crippen molar-refractivity contribution in [3.63, 3.8) is 0 Å². The molecule has 2 aromatic heterocycles. The Morgan fingerprint density at radius 3 is 1.79 bits per heavy atom. The van der Waals surface area contributed by atoms with Gasteiger partial charge in [-0.1, -0.05) is 32.9 Å². The third-order valence-corrected chi connectivity index (χ3v) is 6.69. The minimum Gasteiger partial charge on any atom is -0.361 e. The number of aromatic nitrogens is 2. The highest BCUT2D eigenvalue weighted by Crippen LogP contribution is 2.37. The maximum atomic E-state index is 10.3. The van der Waals surface area contributed by atoms with Crippen LogP contribution < -0.4 is 0 Å². The number of benzene rings is 2. The van der Waals surface area contributed by atoms with Gasteiger partial charge in [0.25, 0.3) is 0 Å². The molecule has 0 unspecified atom stereocenters. The maximum Gasteiger partial charge on any atom is 0.331 e. The molecule has 2 aromatic carbocycles. The first-order chi connectivity index (χ1) is 16.2. The maximum absolute atomic E-state index is 10.3. The Labute approximate surface area is 209 Å². The van der Waals surface area contributed by atoms with Gasteiger partial charge in [0, 0.05) is 29.3 Å². The Morgan fingerprint density at radius 2 is 1.29 bits per heavy atom. The summed E-state index contributed by atoms with van der Waals surface area (Å²) in [6, 6.07) is 16.5. The molecule has 0 bridgehead atoms. The molecule has 5 heteroatoms. The summed E-state index contributed by atoms with van der Waals surface area (Å²) < 4.78 is 0.847. The molecule has 170 valence electrons. The zero-order valence-corrected chi connectivity index (χ0v) is 21.7. The topological polar surface area (TPSA) is 62.2 Å². The first-order valence-electron chi connectivity index (χ1n) is 11.2. The quantitative estimate of drug-likeness (QED) is 0.161. The van der Waals surface area contributed by atoms with E-state index >= 15 is 0 Å². The van der Waals surface area contributed by atoms with Gasteiger partial charge in [-0.3, -0.25) is 9.97 Å². The van der Waals surface area contributed by atoms with E-state index in [1.165, 1.54) is 5.56 Å². The fraction of sp³-hybridized carbons (Fsp3) is 0.207. The third kappa shape index (κ3) is 4.63. The molecule has 0 spiro atoms. The lowest BCUT2D eigenvalue weighted by Crippen LogP contribution is -2.16. The van der Waals surface area contributed by atoms with E-state index in [4.69, 9.17) is 0 Å². The van der Waals surface area contributed by atoms with Crippen molar-refractivity contribution < 1.29 is 4.79 Å². The Morgan fingerprint density at radius 1 is 0.765 bits per heavy atom. The Balaban J connectivity index is 2.00. The van der Waals surface area contributed by atoms with Crippen LogP contribution in [0, 0.1) is 13.8 Å². The summed E-state index contributed by atoms with van der Waals surface area (Å²) >= 11 is 3.80. The van der Waals surface area contributed by atoms with E-state index in [1.807, 2.05) is 24.3 Å². The summed E-state index contributed by atoms with van der Waals surface area (Å²) in [7, 11) is 0. The smallest absolute Gasteiger partial charge is 0.331 e. The van der Waals surface area contributed by atoms with E-state index in [0.717, 1.165) is 49.0 Å². The normalized spacial score (nSPS) is 11.2. The van der Waals surface area contributed by atoms with Crippen LogP contribution in [0.1, 0.15) is 48.6 Å². The highest BCUT2D eigenvalue weighted by molar-refractivity contribution is 9.10. The minimum absolute atomic E-state index is 0.0273. The van der Waals surface area contributed by atoms with Gasteiger partial charge in [0.2, 0.25) is 0 Å². The lowest BCUT2D eigenvalue weighted by atomic mass is 9.81. The van der Waals surface area contributed by atoms with Crippen molar-refractivity contribution in [1.29, 1.82) is 0 Å². The van der Waals surface area contributed by atoms with Gasteiger partial charge < -0.3 is 5.53 Å². The molecule has 0 amide bonds. The van der Waals surface area contributed by atoms with Crippen LogP contribution in [0.15, 0.2) is 77.8 Å². The first kappa shape index (κ1) is 23.7. The molecule has 0 aliphatic carbocycles. The fourth-order valence-electron chi connectivity index (χ4n) is 4.31. The second-order valence-electron chi connectivity index (χ2n) is 9.54. The van der Waals surface area contributed by atoms with E-state index in [9.17, 15) is 5.53 Å². The molecule has 2 heterocycles. The van der Waals surface area contributed by atoms with Crippen molar-refractivity contribution in [1.82, 2.24) is 9.97 Å². The van der Waals surface area contributed by atoms with Gasteiger partial charge in [0.15, 0.2) is 0 Å². The summed E-state index contributed by atoms with van der Waals surface area (Å²) in [4.78, 5) is 12.2. The van der Waals surface area contributed by atoms with Crippen LogP contribution in [0.4, 0.5) is 0 Å². The third-order valence-electron chi connectivity index (χ3n) is 6.07. The van der Waals surface area contributed by atoms with Crippen molar-refractivity contribution in [3.8, 4) is 22.3 Å². The van der Waals surface area contributed by atoms with Gasteiger partial charge in [-0.25, -0.2) is 0 Å². The molecular weight excluding hydrogens is 484 g/mol. The van der Waals surface area contributed by atoms with Crippen molar-refractivity contribution in [2.24, 2.45) is 0 Å². The molecule has 4 nitrogen and oxygen atoms in total. The summed E-state index contributed by atoms with van der Waals surface area (Å²) in [6.07, 6.45) is 7.12. The predicted octanol–water partition coefficient (Wildman–Crippen LogP) is 7.55. The van der Waals surface area contributed by atoms with Crippen LogP contribution in [0.3, 0.4) is 0 Å². The Kier molecular flexibility index (Phi) is 6.60. The van der Waals surface area contributed by atoms with E-state index < -0.39 is 0 Å². The highest BCUT2D eigenvalue weighted by Gasteiger charge is 2.28. The van der Waals surface area contributed by atoms with Gasteiger partial charge in [0.05, 0.1) is 11.1 Å². The largest absolute Gasteiger partial charge is 0.361 e. The van der Waals surface area contributed by atoms with E-state index in [2.05, 4.69) is 89.6 Å². The number of halogens is 1. The van der Waals surface area contributed by atoms with Gasteiger partial charge in [0.1, 0.15) is 0 Å². The highest BCUT2D eigenvalue weighted by atomic mass is 79.9. The molecule has 0 saturated carbocycles. The fourth-order valence-corrected chi connectivity index (χ4v) is 4.96. The van der Waals surface area contributed by atoms with Crippen LogP contribution in [0.25, 0.3) is 27.8 Å². The second-order valence-corrected chi connectivity index (χ2v) is 10.4. The lowest BCUT2D eigenvalue weighted by Gasteiger charge is -2.22. The van der Waals surface area contributed by atoms with Crippen molar-refractivity contribution in [3.05, 3.63) is 111 Å². The molecule has 0 atom stereocenters. The number of rotatable bonds is 4. The van der Waals surface area contributed by atoms with Crippen molar-refractivity contribution in [2.45, 2.75) is 40.0 Å². The van der Waals surface area contributed by atoms with Crippen LogP contribution in [-0.2, 0) is 5.41 Å². The molecule has 0 fully saturated rings. The monoisotopic (exact) mass is 510 g/mol. The van der Waals surface area contributed by atoms with Crippen LogP contribution in [0.5, 0.6) is 0 Å². The van der Waals surface area contributed by atoms with Crippen LogP contribution >= 0.6 is 15.9 Å². The number of nitrogens with zero attached hydrogens (tertiary/aromatic N) is 4. The van der Waals surface area contributed by atoms with Gasteiger partial charge >= 0.3 is 5.71 Å². The van der Waals surface area contributed by atoms with E-state index in [1.54, 1.807) is 24.8 Å². The molecule has 0 N–H and O–H groups in total. The van der Waals surface area contributed by atoms with E-state index in [-0.39, 0.29) is 5.41 Å². The Hall–Kier alpha value is -3.40. The minimum atomic E-state index is 0.0273. The lowest BCUT2D eigenvalue weighted by molar-refractivity contribution is -0.00288. The number of aryl methyl sites for hydroxylation is 2. The summed E-state index contributed by atoms with van der Waals surface area (Å²) in [5.41, 5.74) is 20.1. The molecule has 0 radical (unpaired) electrons. The molecule has 4 aromatic rings. The number of hydrogen-bond acceptors (Lipinski definition) is 2. The molecular formula is C29H27BrN4. The van der Waals surface area contributed by atoms with Crippen LogP contribution in [-0.4, -0.2) is 20.5 Å². The first-order valence-corrected chi connectivity index (χ1v) is 12.0. The van der Waals surface area contributed by atoms with E-state index in [0.29, 0.717) is 5.71 Å². The SMILES string of the molecule is Cc1cc(C(C)(C)C)cc(C)c1C(=[N+]=[N-])c1c(Br)cc(-c2ccncc2)cc1-c1ccncc1. The zero-order valence-electron chi connectivity index (χ0n) is 20.1. The molecule has 0 aliphatic heterocycles. The molecule has 0 aliphatic rings. The van der Waals surface area contributed by atoms with Gasteiger partial charge in [-0.2, -0.15) is 4.79 Å². The molecule has 0 saturated heterocycles. The Bertz CT molecular complexity index is 1370. The average molecular weight is 511 g/mol. The second kappa shape index (κ2) is 9.46. The predicted molar refractivity (Wildman–Crippen MR) is 142 cm³/mol. The standard InChI is InChI=1S/C29H27BrN4/c1-18-14-23(29(3,4)5)15-19(2)26(18)28(34-31)27-24(21-8-12-33-13-9-21)16-22(17-25(27)30)20-6-10-32-11-7-20/h6-17H,1-5H3. The van der Waals surface area contributed by atoms with Crippen molar-refractivity contribution >= 4 is 21.6 Å². The van der Waals surface area contributed by atoms with Gasteiger partial charge in [-0.15, -0.1) is 0 Å². The summed E-state index contributed by atoms with van der Waals surface area (Å²) in [6.45, 7) is 10.8.